The van der Waals surface area contributed by atoms with Gasteiger partial charge in [-0.15, -0.1) is 0 Å². The number of hydrogen-bond donors (Lipinski definition) is 1. The Morgan fingerprint density at radius 2 is 1.76 bits per heavy atom. The average molecular weight is 347 g/mol. The van der Waals surface area contributed by atoms with Gasteiger partial charge in [0.25, 0.3) is 0 Å². The van der Waals surface area contributed by atoms with Crippen LogP contribution in [-0.2, 0) is 6.42 Å². The molecule has 0 amide bonds. The lowest BCUT2D eigenvalue weighted by molar-refractivity contribution is 0.543. The molecule has 0 aliphatic carbocycles. The van der Waals surface area contributed by atoms with Crippen LogP contribution >= 0.6 is 34.8 Å². The molecule has 2 aromatic carbocycles. The zero-order valence-corrected chi connectivity index (χ0v) is 13.7. The third kappa shape index (κ3) is 4.33. The van der Waals surface area contributed by atoms with Crippen LogP contribution in [0.2, 0.25) is 15.1 Å². The van der Waals surface area contributed by atoms with Crippen molar-refractivity contribution in [2.24, 2.45) is 0 Å². The first-order chi connectivity index (χ1) is 10.0. The molecule has 21 heavy (non-hydrogen) atoms. The SMILES string of the molecule is CCNC(Cc1cc(Cl)ccc1Cl)c1ccc(Cl)c(F)c1. The van der Waals surface area contributed by atoms with Gasteiger partial charge in [-0.1, -0.05) is 47.8 Å². The molecule has 2 rings (SSSR count). The van der Waals surface area contributed by atoms with Crippen molar-refractivity contribution in [1.29, 1.82) is 0 Å². The standard InChI is InChI=1S/C16H15Cl3FN/c1-2-21-16(10-3-5-14(19)15(20)8-10)9-11-7-12(17)4-6-13(11)18/h3-8,16,21H,2,9H2,1H3. The Bertz CT molecular complexity index is 631. The van der Waals surface area contributed by atoms with Crippen molar-refractivity contribution in [2.75, 3.05) is 6.54 Å². The number of benzene rings is 2. The smallest absolute Gasteiger partial charge is 0.142 e. The van der Waals surface area contributed by atoms with E-state index in [0.29, 0.717) is 16.5 Å². The number of halogens is 4. The molecule has 0 heterocycles. The van der Waals surface area contributed by atoms with Gasteiger partial charge in [0.05, 0.1) is 5.02 Å². The van der Waals surface area contributed by atoms with Gasteiger partial charge in [0.1, 0.15) is 5.82 Å². The summed E-state index contributed by atoms with van der Waals surface area (Å²) in [6.45, 7) is 2.76. The molecule has 112 valence electrons. The van der Waals surface area contributed by atoms with Crippen LogP contribution in [-0.4, -0.2) is 6.54 Å². The highest BCUT2D eigenvalue weighted by atomic mass is 35.5. The van der Waals surface area contributed by atoms with Crippen molar-refractivity contribution in [3.8, 4) is 0 Å². The summed E-state index contributed by atoms with van der Waals surface area (Å²) in [5, 5.41) is 4.73. The number of nitrogens with one attached hydrogen (secondary N) is 1. The summed E-state index contributed by atoms with van der Waals surface area (Å²) in [5.74, 6) is -0.422. The van der Waals surface area contributed by atoms with Crippen molar-refractivity contribution in [3.63, 3.8) is 0 Å². The van der Waals surface area contributed by atoms with Crippen LogP contribution in [0.25, 0.3) is 0 Å². The minimum atomic E-state index is -0.422. The second-order valence-electron chi connectivity index (χ2n) is 4.72. The molecule has 0 aliphatic rings. The van der Waals surface area contributed by atoms with Gasteiger partial charge in [-0.3, -0.25) is 0 Å². The summed E-state index contributed by atoms with van der Waals surface area (Å²) >= 11 is 18.0. The van der Waals surface area contributed by atoms with Crippen LogP contribution in [0.15, 0.2) is 36.4 Å². The second-order valence-corrected chi connectivity index (χ2v) is 5.97. The maximum atomic E-state index is 13.7. The molecule has 0 bridgehead atoms. The number of likely N-dealkylation sites (N-methyl/N-ethyl adjacent to an activating group) is 1. The maximum Gasteiger partial charge on any atom is 0.142 e. The largest absolute Gasteiger partial charge is 0.310 e. The van der Waals surface area contributed by atoms with Crippen LogP contribution in [0, 0.1) is 5.82 Å². The van der Waals surface area contributed by atoms with Gasteiger partial charge >= 0.3 is 0 Å². The summed E-state index contributed by atoms with van der Waals surface area (Å²) in [5.41, 5.74) is 1.75. The predicted octanol–water partition coefficient (Wildman–Crippen LogP) is 5.68. The van der Waals surface area contributed by atoms with Gasteiger partial charge in [0.15, 0.2) is 0 Å². The molecule has 0 radical (unpaired) electrons. The van der Waals surface area contributed by atoms with Crippen LogP contribution in [0.1, 0.15) is 24.1 Å². The molecule has 0 saturated carbocycles. The van der Waals surface area contributed by atoms with Crippen molar-refractivity contribution in [3.05, 3.63) is 68.4 Å². The molecule has 1 atom stereocenters. The highest BCUT2D eigenvalue weighted by Crippen LogP contribution is 2.27. The second kappa shape index (κ2) is 7.46. The number of hydrogen-bond acceptors (Lipinski definition) is 1. The monoisotopic (exact) mass is 345 g/mol. The molecule has 5 heteroatoms. The normalized spacial score (nSPS) is 12.4. The first-order valence-electron chi connectivity index (χ1n) is 6.63. The van der Waals surface area contributed by atoms with E-state index in [9.17, 15) is 4.39 Å². The molecule has 2 aromatic rings. The van der Waals surface area contributed by atoms with Crippen LogP contribution in [0.3, 0.4) is 0 Å². The lowest BCUT2D eigenvalue weighted by Gasteiger charge is -2.19. The van der Waals surface area contributed by atoms with Gasteiger partial charge in [0, 0.05) is 16.1 Å². The van der Waals surface area contributed by atoms with Gasteiger partial charge in [-0.05, 0) is 54.4 Å². The van der Waals surface area contributed by atoms with Crippen LogP contribution in [0.5, 0.6) is 0 Å². The average Bonchev–Trinajstić information content (AvgIpc) is 2.45. The zero-order valence-electron chi connectivity index (χ0n) is 11.5. The summed E-state index contributed by atoms with van der Waals surface area (Å²) in [6.07, 6.45) is 0.619. The molecule has 1 unspecified atom stereocenters. The van der Waals surface area contributed by atoms with E-state index in [0.717, 1.165) is 17.7 Å². The first-order valence-corrected chi connectivity index (χ1v) is 7.77. The first kappa shape index (κ1) is 16.6. The summed E-state index contributed by atoms with van der Waals surface area (Å²) in [4.78, 5) is 0. The molecule has 1 nitrogen and oxygen atoms in total. The van der Waals surface area contributed by atoms with Crippen molar-refractivity contribution < 1.29 is 4.39 Å². The highest BCUT2D eigenvalue weighted by Gasteiger charge is 2.15. The van der Waals surface area contributed by atoms with Gasteiger partial charge < -0.3 is 5.32 Å². The molecule has 0 aliphatic heterocycles. The number of rotatable bonds is 5. The van der Waals surface area contributed by atoms with E-state index in [4.69, 9.17) is 34.8 Å². The maximum absolute atomic E-state index is 13.7. The summed E-state index contributed by atoms with van der Waals surface area (Å²) < 4.78 is 13.7. The summed E-state index contributed by atoms with van der Waals surface area (Å²) in [7, 11) is 0. The molecular formula is C16H15Cl3FN. The molecule has 0 spiro atoms. The van der Waals surface area contributed by atoms with E-state index in [-0.39, 0.29) is 11.1 Å². The highest BCUT2D eigenvalue weighted by molar-refractivity contribution is 6.33. The zero-order chi connectivity index (χ0) is 15.4. The predicted molar refractivity (Wildman–Crippen MR) is 88.0 cm³/mol. The third-order valence-corrected chi connectivity index (χ3v) is 4.14. The molecule has 0 fully saturated rings. The fourth-order valence-electron chi connectivity index (χ4n) is 2.20. The molecular weight excluding hydrogens is 332 g/mol. The Kier molecular flexibility index (Phi) is 5.88. The van der Waals surface area contributed by atoms with E-state index in [1.54, 1.807) is 18.2 Å². The van der Waals surface area contributed by atoms with Crippen molar-refractivity contribution in [2.45, 2.75) is 19.4 Å². The Morgan fingerprint density at radius 1 is 1.05 bits per heavy atom. The fourth-order valence-corrected chi connectivity index (χ4v) is 2.71. The van der Waals surface area contributed by atoms with Gasteiger partial charge in [-0.25, -0.2) is 4.39 Å². The van der Waals surface area contributed by atoms with Crippen molar-refractivity contribution >= 4 is 34.8 Å². The Balaban J connectivity index is 2.30. The van der Waals surface area contributed by atoms with Gasteiger partial charge in [0.2, 0.25) is 0 Å². The molecule has 1 N–H and O–H groups in total. The minimum absolute atomic E-state index is 0.0577. The molecule has 0 aromatic heterocycles. The van der Waals surface area contributed by atoms with E-state index >= 15 is 0 Å². The van der Waals surface area contributed by atoms with E-state index < -0.39 is 5.82 Å². The summed E-state index contributed by atoms with van der Waals surface area (Å²) in [6, 6.07) is 10.1. The van der Waals surface area contributed by atoms with Crippen LogP contribution < -0.4 is 5.32 Å². The van der Waals surface area contributed by atoms with E-state index in [2.05, 4.69) is 5.32 Å². The van der Waals surface area contributed by atoms with Crippen LogP contribution in [0.4, 0.5) is 4.39 Å². The van der Waals surface area contributed by atoms with Gasteiger partial charge in [-0.2, -0.15) is 0 Å². The van der Waals surface area contributed by atoms with E-state index in [1.165, 1.54) is 6.07 Å². The Labute approximate surface area is 139 Å². The van der Waals surface area contributed by atoms with E-state index in [1.807, 2.05) is 19.1 Å². The third-order valence-electron chi connectivity index (χ3n) is 3.23. The lowest BCUT2D eigenvalue weighted by atomic mass is 9.98. The minimum Gasteiger partial charge on any atom is -0.310 e. The fraction of sp³-hybridized carbons (Fsp3) is 0.250. The lowest BCUT2D eigenvalue weighted by Crippen LogP contribution is -2.23. The topological polar surface area (TPSA) is 12.0 Å². The van der Waals surface area contributed by atoms with Crippen molar-refractivity contribution in [1.82, 2.24) is 5.32 Å². The Hall–Kier alpha value is -0.800. The Morgan fingerprint density at radius 3 is 2.43 bits per heavy atom. The molecule has 0 saturated heterocycles. The quantitative estimate of drug-likeness (QED) is 0.734.